The minimum Gasteiger partial charge on any atom is -0.493 e. The van der Waals surface area contributed by atoms with Crippen molar-refractivity contribution >= 4 is 34.1 Å². The van der Waals surface area contributed by atoms with E-state index in [0.717, 1.165) is 41.7 Å². The Labute approximate surface area is 136 Å². The molecule has 1 unspecified atom stereocenters. The molecule has 4 rings (SSSR count). The number of thiazole rings is 1. The van der Waals surface area contributed by atoms with Crippen LogP contribution in [0.5, 0.6) is 5.75 Å². The van der Waals surface area contributed by atoms with E-state index in [4.69, 9.17) is 4.74 Å². The van der Waals surface area contributed by atoms with Crippen LogP contribution in [-0.4, -0.2) is 35.2 Å². The van der Waals surface area contributed by atoms with E-state index in [1.165, 1.54) is 16.9 Å². The van der Waals surface area contributed by atoms with Crippen LogP contribution in [0.25, 0.3) is 11.3 Å². The number of carbonyl (C=O) groups excluding carboxylic acids is 1. The van der Waals surface area contributed by atoms with E-state index in [9.17, 15) is 4.79 Å². The predicted octanol–water partition coefficient (Wildman–Crippen LogP) is 2.35. The van der Waals surface area contributed by atoms with Crippen LogP contribution in [0.1, 0.15) is 5.56 Å². The average Bonchev–Trinajstić information content (AvgIpc) is 3.27. The molecule has 0 aliphatic carbocycles. The fourth-order valence-electron chi connectivity index (χ4n) is 2.57. The fourth-order valence-corrected chi connectivity index (χ4v) is 4.23. The quantitative estimate of drug-likeness (QED) is 0.903. The van der Waals surface area contributed by atoms with Gasteiger partial charge in [0.1, 0.15) is 5.75 Å². The number of anilines is 1. The number of benzene rings is 1. The second kappa shape index (κ2) is 5.91. The maximum Gasteiger partial charge on any atom is 0.244 e. The van der Waals surface area contributed by atoms with Crippen LogP contribution in [0.15, 0.2) is 23.6 Å². The van der Waals surface area contributed by atoms with E-state index in [0.29, 0.717) is 5.13 Å². The second-order valence-corrected chi connectivity index (χ2v) is 7.11. The SMILES string of the molecule is O=C(Nc1nc(-c2ccc3c(c2)CCO3)cs1)C1CSCN1. The van der Waals surface area contributed by atoms with Crippen molar-refractivity contribution < 1.29 is 9.53 Å². The molecule has 0 radical (unpaired) electrons. The molecular formula is C15H15N3O2S2. The molecule has 2 N–H and O–H groups in total. The summed E-state index contributed by atoms with van der Waals surface area (Å²) in [5.41, 5.74) is 3.18. The van der Waals surface area contributed by atoms with Gasteiger partial charge in [-0.3, -0.25) is 10.1 Å². The van der Waals surface area contributed by atoms with E-state index in [2.05, 4.69) is 21.7 Å². The molecule has 7 heteroatoms. The molecule has 1 aromatic carbocycles. The maximum atomic E-state index is 12.1. The first-order valence-electron chi connectivity index (χ1n) is 7.13. The summed E-state index contributed by atoms with van der Waals surface area (Å²) in [6.45, 7) is 0.754. The summed E-state index contributed by atoms with van der Waals surface area (Å²) in [5.74, 6) is 2.61. The lowest BCUT2D eigenvalue weighted by Gasteiger charge is -2.07. The average molecular weight is 333 g/mol. The summed E-state index contributed by atoms with van der Waals surface area (Å²) >= 11 is 3.19. The number of fused-ring (bicyclic) bond motifs is 1. The number of amides is 1. The molecule has 1 aromatic heterocycles. The highest BCUT2D eigenvalue weighted by atomic mass is 32.2. The van der Waals surface area contributed by atoms with Crippen molar-refractivity contribution in [3.8, 4) is 17.0 Å². The molecule has 2 aromatic rings. The number of ether oxygens (including phenoxy) is 1. The van der Waals surface area contributed by atoms with Crippen LogP contribution in [0.4, 0.5) is 5.13 Å². The Kier molecular flexibility index (Phi) is 3.77. The molecule has 1 atom stereocenters. The number of aromatic nitrogens is 1. The van der Waals surface area contributed by atoms with Gasteiger partial charge in [-0.1, -0.05) is 0 Å². The number of carbonyl (C=O) groups is 1. The zero-order valence-corrected chi connectivity index (χ0v) is 13.4. The van der Waals surface area contributed by atoms with Crippen molar-refractivity contribution in [2.24, 2.45) is 0 Å². The number of hydrogen-bond acceptors (Lipinski definition) is 6. The first-order valence-corrected chi connectivity index (χ1v) is 9.17. The van der Waals surface area contributed by atoms with E-state index in [1.54, 1.807) is 11.8 Å². The van der Waals surface area contributed by atoms with Crippen molar-refractivity contribution in [1.29, 1.82) is 0 Å². The van der Waals surface area contributed by atoms with Gasteiger partial charge in [0.05, 0.1) is 18.3 Å². The van der Waals surface area contributed by atoms with Crippen LogP contribution in [-0.2, 0) is 11.2 Å². The number of hydrogen-bond donors (Lipinski definition) is 2. The van der Waals surface area contributed by atoms with Gasteiger partial charge in [0, 0.05) is 29.0 Å². The Morgan fingerprint density at radius 2 is 2.41 bits per heavy atom. The zero-order valence-electron chi connectivity index (χ0n) is 11.8. The van der Waals surface area contributed by atoms with Crippen LogP contribution < -0.4 is 15.4 Å². The lowest BCUT2D eigenvalue weighted by atomic mass is 10.1. The van der Waals surface area contributed by atoms with Crippen LogP contribution in [0.2, 0.25) is 0 Å². The number of thioether (sulfide) groups is 1. The molecule has 0 bridgehead atoms. The summed E-state index contributed by atoms with van der Waals surface area (Å²) in [5, 5.41) is 8.68. The van der Waals surface area contributed by atoms with Gasteiger partial charge in [-0.2, -0.15) is 0 Å². The van der Waals surface area contributed by atoms with E-state index < -0.39 is 0 Å². The van der Waals surface area contributed by atoms with Crippen molar-refractivity contribution in [2.75, 3.05) is 23.6 Å². The fraction of sp³-hybridized carbons (Fsp3) is 0.333. The Morgan fingerprint density at radius 1 is 1.45 bits per heavy atom. The standard InChI is InChI=1S/C15H15N3O2S2/c19-14(12-6-21-8-16-12)18-15-17-11(7-22-15)9-1-2-13-10(5-9)3-4-20-13/h1-2,5,7,12,16H,3-4,6,8H2,(H,17,18,19). The highest BCUT2D eigenvalue weighted by Crippen LogP contribution is 2.32. The minimum atomic E-state index is -0.116. The smallest absolute Gasteiger partial charge is 0.244 e. The Hall–Kier alpha value is -1.57. The van der Waals surface area contributed by atoms with E-state index in [-0.39, 0.29) is 11.9 Å². The lowest BCUT2D eigenvalue weighted by Crippen LogP contribution is -2.37. The number of nitrogens with one attached hydrogen (secondary N) is 2. The Morgan fingerprint density at radius 3 is 3.27 bits per heavy atom. The summed E-state index contributed by atoms with van der Waals surface area (Å²) in [4.78, 5) is 16.6. The molecule has 2 aliphatic rings. The van der Waals surface area contributed by atoms with Gasteiger partial charge in [0.25, 0.3) is 0 Å². The molecule has 114 valence electrons. The zero-order chi connectivity index (χ0) is 14.9. The van der Waals surface area contributed by atoms with E-state index in [1.807, 2.05) is 17.5 Å². The summed E-state index contributed by atoms with van der Waals surface area (Å²) in [6.07, 6.45) is 0.946. The van der Waals surface area contributed by atoms with Gasteiger partial charge >= 0.3 is 0 Å². The highest BCUT2D eigenvalue weighted by molar-refractivity contribution is 7.99. The maximum absolute atomic E-state index is 12.1. The van der Waals surface area contributed by atoms with Gasteiger partial charge in [0.2, 0.25) is 5.91 Å². The largest absolute Gasteiger partial charge is 0.493 e. The van der Waals surface area contributed by atoms with Crippen LogP contribution in [0, 0.1) is 0 Å². The molecule has 0 saturated carbocycles. The van der Waals surface area contributed by atoms with Gasteiger partial charge in [-0.25, -0.2) is 4.98 Å². The third-order valence-corrected chi connectivity index (χ3v) is 5.45. The van der Waals surface area contributed by atoms with Crippen LogP contribution >= 0.6 is 23.1 Å². The monoisotopic (exact) mass is 333 g/mol. The molecule has 22 heavy (non-hydrogen) atoms. The van der Waals surface area contributed by atoms with Gasteiger partial charge < -0.3 is 10.1 Å². The van der Waals surface area contributed by atoms with Gasteiger partial charge in [-0.05, 0) is 23.8 Å². The third-order valence-electron chi connectivity index (χ3n) is 3.75. The third kappa shape index (κ3) is 2.71. The molecule has 0 spiro atoms. The predicted molar refractivity (Wildman–Crippen MR) is 89.6 cm³/mol. The first-order chi connectivity index (χ1) is 10.8. The summed E-state index contributed by atoms with van der Waals surface area (Å²) in [7, 11) is 0. The molecule has 1 fully saturated rings. The van der Waals surface area contributed by atoms with Crippen LogP contribution in [0.3, 0.4) is 0 Å². The van der Waals surface area contributed by atoms with Crippen molar-refractivity contribution in [3.63, 3.8) is 0 Å². The molecule has 1 amide bonds. The lowest BCUT2D eigenvalue weighted by molar-refractivity contribution is -0.117. The van der Waals surface area contributed by atoms with Crippen molar-refractivity contribution in [3.05, 3.63) is 29.1 Å². The Balaban J connectivity index is 1.50. The molecule has 2 aliphatic heterocycles. The van der Waals surface area contributed by atoms with Gasteiger partial charge in [-0.15, -0.1) is 23.1 Å². The van der Waals surface area contributed by atoms with Crippen molar-refractivity contribution in [1.82, 2.24) is 10.3 Å². The number of rotatable bonds is 3. The van der Waals surface area contributed by atoms with E-state index >= 15 is 0 Å². The van der Waals surface area contributed by atoms with Crippen molar-refractivity contribution in [2.45, 2.75) is 12.5 Å². The second-order valence-electron chi connectivity index (χ2n) is 5.22. The summed E-state index contributed by atoms with van der Waals surface area (Å²) in [6, 6.07) is 6.02. The first kappa shape index (κ1) is 14.0. The molecule has 1 saturated heterocycles. The normalized spacial score (nSPS) is 19.7. The Bertz CT molecular complexity index is 711. The highest BCUT2D eigenvalue weighted by Gasteiger charge is 2.23. The topological polar surface area (TPSA) is 63.2 Å². The molecule has 3 heterocycles. The molecular weight excluding hydrogens is 318 g/mol. The molecule has 5 nitrogen and oxygen atoms in total. The number of nitrogens with zero attached hydrogens (tertiary/aromatic N) is 1. The summed E-state index contributed by atoms with van der Waals surface area (Å²) < 4.78 is 5.52. The van der Waals surface area contributed by atoms with Gasteiger partial charge in [0.15, 0.2) is 5.13 Å². The minimum absolute atomic E-state index is 0.00625.